The van der Waals surface area contributed by atoms with Gasteiger partial charge < -0.3 is 15.6 Å². The van der Waals surface area contributed by atoms with Crippen LogP contribution in [0.15, 0.2) is 42.6 Å². The number of carbonyl (C=O) groups excluding carboxylic acids is 1. The van der Waals surface area contributed by atoms with Crippen LogP contribution in [-0.4, -0.2) is 36.4 Å². The number of nitrogens with zero attached hydrogens (tertiary/aromatic N) is 1. The number of halogens is 9. The minimum absolute atomic E-state index is 0.0778. The predicted octanol–water partition coefficient (Wildman–Crippen LogP) is 7.75. The maximum Gasteiger partial charge on any atom is 0.435 e. The lowest BCUT2D eigenvalue weighted by Crippen LogP contribution is -2.50. The van der Waals surface area contributed by atoms with E-state index in [4.69, 9.17) is 28.6 Å². The molecule has 2 rings (SSSR count). The molecule has 2 aromatic rings. The maximum absolute atomic E-state index is 14.4. The zero-order valence-corrected chi connectivity index (χ0v) is 20.3. The lowest BCUT2D eigenvalue weighted by molar-refractivity contribution is -0.348. The Bertz CT molecular complexity index is 1130. The van der Waals surface area contributed by atoms with Gasteiger partial charge >= 0.3 is 18.0 Å². The van der Waals surface area contributed by atoms with E-state index in [9.17, 15) is 35.5 Å². The molecule has 0 spiro atoms. The number of rotatable bonds is 8. The molecule has 0 bridgehead atoms. The van der Waals surface area contributed by atoms with Crippen LogP contribution in [0.2, 0.25) is 10.0 Å². The highest BCUT2D eigenvalue weighted by Gasteiger charge is 2.73. The van der Waals surface area contributed by atoms with Gasteiger partial charge in [-0.05, 0) is 29.3 Å². The van der Waals surface area contributed by atoms with Crippen LogP contribution in [0.5, 0.6) is 0 Å². The lowest BCUT2D eigenvalue weighted by Gasteiger charge is -2.30. The summed E-state index contributed by atoms with van der Waals surface area (Å²) in [6.45, 7) is 2.02. The highest BCUT2D eigenvalue weighted by atomic mass is 35.5. The third kappa shape index (κ3) is 6.12. The summed E-state index contributed by atoms with van der Waals surface area (Å²) < 4.78 is 92.7. The van der Waals surface area contributed by atoms with Crippen LogP contribution in [0.3, 0.4) is 0 Å². The first kappa shape index (κ1) is 29.4. The van der Waals surface area contributed by atoms with E-state index >= 15 is 0 Å². The van der Waals surface area contributed by atoms with E-state index in [1.165, 1.54) is 11.1 Å². The zero-order valence-electron chi connectivity index (χ0n) is 18.8. The summed E-state index contributed by atoms with van der Waals surface area (Å²) in [5, 5.41) is 8.81. The first-order chi connectivity index (χ1) is 16.6. The zero-order chi connectivity index (χ0) is 27.5. The summed E-state index contributed by atoms with van der Waals surface area (Å²) in [6, 6.07) is 7.14. The SMILES string of the molecule is CCC(=O)N(C)Cc1cccc(/C(C=N)=C/Nc2c(Cl)cc(C(F)(C(F)(F)F)C(F)(F)F)cc2Cl)c1. The number of alkyl halides is 7. The van der Waals surface area contributed by atoms with Crippen molar-refractivity contribution in [2.24, 2.45) is 0 Å². The monoisotopic (exact) mass is 557 g/mol. The molecule has 0 heterocycles. The Morgan fingerprint density at radius 3 is 2.06 bits per heavy atom. The van der Waals surface area contributed by atoms with E-state index < -0.39 is 33.6 Å². The second-order valence-electron chi connectivity index (χ2n) is 7.66. The number of hydrogen-bond donors (Lipinski definition) is 2. The Hall–Kier alpha value is -2.79. The van der Waals surface area contributed by atoms with Crippen LogP contribution in [0.1, 0.15) is 30.0 Å². The number of carbonyl (C=O) groups is 1. The van der Waals surface area contributed by atoms with Gasteiger partial charge in [-0.2, -0.15) is 26.3 Å². The van der Waals surface area contributed by atoms with Crippen LogP contribution in [-0.2, 0) is 17.0 Å². The summed E-state index contributed by atoms with van der Waals surface area (Å²) in [5.41, 5.74) is -6.32. The van der Waals surface area contributed by atoms with Gasteiger partial charge in [0, 0.05) is 43.6 Å². The van der Waals surface area contributed by atoms with Gasteiger partial charge in [-0.1, -0.05) is 48.3 Å². The van der Waals surface area contributed by atoms with E-state index in [-0.39, 0.29) is 29.3 Å². The number of nitrogens with one attached hydrogen (secondary N) is 2. The van der Waals surface area contributed by atoms with Gasteiger partial charge in [-0.15, -0.1) is 0 Å². The summed E-state index contributed by atoms with van der Waals surface area (Å²) in [7, 11) is 1.63. The van der Waals surface area contributed by atoms with E-state index in [0.717, 1.165) is 11.8 Å². The smallest absolute Gasteiger partial charge is 0.359 e. The van der Waals surface area contributed by atoms with Gasteiger partial charge in [0.25, 0.3) is 0 Å². The quantitative estimate of drug-likeness (QED) is 0.257. The fraction of sp³-hybridized carbons (Fsp3) is 0.304. The number of hydrogen-bond acceptors (Lipinski definition) is 3. The van der Waals surface area contributed by atoms with E-state index in [1.807, 2.05) is 0 Å². The van der Waals surface area contributed by atoms with Gasteiger partial charge in [-0.3, -0.25) is 4.79 Å². The largest absolute Gasteiger partial charge is 0.435 e. The molecule has 2 N–H and O–H groups in total. The van der Waals surface area contributed by atoms with Crippen LogP contribution in [0.25, 0.3) is 5.57 Å². The summed E-state index contributed by atoms with van der Waals surface area (Å²) in [4.78, 5) is 13.3. The molecule has 0 saturated heterocycles. The Balaban J connectivity index is 2.41. The topological polar surface area (TPSA) is 56.2 Å². The molecular formula is C23H20Cl2F7N3O. The number of anilines is 1. The van der Waals surface area contributed by atoms with E-state index in [1.54, 1.807) is 38.2 Å². The minimum Gasteiger partial charge on any atom is -0.359 e. The van der Waals surface area contributed by atoms with Gasteiger partial charge in [-0.25, -0.2) is 4.39 Å². The molecule has 0 aliphatic rings. The highest BCUT2D eigenvalue weighted by Crippen LogP contribution is 2.54. The van der Waals surface area contributed by atoms with Crippen molar-refractivity contribution >= 4 is 46.6 Å². The van der Waals surface area contributed by atoms with Crippen molar-refractivity contribution in [3.63, 3.8) is 0 Å². The van der Waals surface area contributed by atoms with Gasteiger partial charge in [0.05, 0.1) is 15.7 Å². The summed E-state index contributed by atoms with van der Waals surface area (Å²) in [5.74, 6) is -0.0778. The Kier molecular flexibility index (Phi) is 9.06. The minimum atomic E-state index is -6.32. The Morgan fingerprint density at radius 2 is 1.58 bits per heavy atom. The van der Waals surface area contributed by atoms with Gasteiger partial charge in [0.1, 0.15) is 0 Å². The first-order valence-electron chi connectivity index (χ1n) is 10.2. The van der Waals surface area contributed by atoms with E-state index in [2.05, 4.69) is 5.32 Å². The summed E-state index contributed by atoms with van der Waals surface area (Å²) in [6.07, 6.45) is -10.2. The van der Waals surface area contributed by atoms with Crippen molar-refractivity contribution in [3.05, 3.63) is 69.3 Å². The average molecular weight is 558 g/mol. The number of amides is 1. The standard InChI is InChI=1S/C23H20Cl2F7N3O/c1-3-19(36)35(2)12-13-5-4-6-14(7-13)15(10-33)11-34-20-17(24)8-16(9-18(20)25)21(26,22(27,28)29)23(30,31)32/h4-11,33-34H,3,12H2,1-2H3/b15-11+,33-10?. The molecule has 1 amide bonds. The molecule has 0 aliphatic heterocycles. The molecule has 2 aromatic carbocycles. The average Bonchev–Trinajstić information content (AvgIpc) is 2.78. The molecule has 0 unspecified atom stereocenters. The third-order valence-corrected chi connectivity index (χ3v) is 5.75. The number of allylic oxidation sites excluding steroid dienone is 1. The van der Waals surface area contributed by atoms with Crippen molar-refractivity contribution in [1.29, 1.82) is 5.41 Å². The molecule has 0 aromatic heterocycles. The molecule has 36 heavy (non-hydrogen) atoms. The Labute approximate surface area is 212 Å². The number of benzene rings is 2. The van der Waals surface area contributed by atoms with Crippen molar-refractivity contribution in [1.82, 2.24) is 4.90 Å². The molecule has 0 saturated carbocycles. The molecule has 0 radical (unpaired) electrons. The Morgan fingerprint density at radius 1 is 1.03 bits per heavy atom. The van der Waals surface area contributed by atoms with Crippen LogP contribution < -0.4 is 5.32 Å². The van der Waals surface area contributed by atoms with Crippen LogP contribution in [0, 0.1) is 5.41 Å². The van der Waals surface area contributed by atoms with Gasteiger partial charge in [0.15, 0.2) is 0 Å². The molecular weight excluding hydrogens is 538 g/mol. The van der Waals surface area contributed by atoms with Crippen LogP contribution in [0.4, 0.5) is 36.4 Å². The third-order valence-electron chi connectivity index (χ3n) is 5.16. The predicted molar refractivity (Wildman–Crippen MR) is 125 cm³/mol. The van der Waals surface area contributed by atoms with Crippen molar-refractivity contribution in [3.8, 4) is 0 Å². The van der Waals surface area contributed by atoms with Crippen molar-refractivity contribution < 1.29 is 35.5 Å². The summed E-state index contributed by atoms with van der Waals surface area (Å²) >= 11 is 11.7. The van der Waals surface area contributed by atoms with Crippen LogP contribution >= 0.6 is 23.2 Å². The molecule has 4 nitrogen and oxygen atoms in total. The second kappa shape index (κ2) is 11.1. The van der Waals surface area contributed by atoms with Gasteiger partial charge in [0.2, 0.25) is 5.91 Å². The normalized spacial score (nSPS) is 12.9. The molecule has 0 atom stereocenters. The first-order valence-corrected chi connectivity index (χ1v) is 10.9. The van der Waals surface area contributed by atoms with Crippen molar-refractivity contribution in [2.75, 3.05) is 12.4 Å². The second-order valence-corrected chi connectivity index (χ2v) is 8.48. The fourth-order valence-corrected chi connectivity index (χ4v) is 3.83. The highest BCUT2D eigenvalue weighted by molar-refractivity contribution is 6.39. The molecule has 13 heteroatoms. The fourth-order valence-electron chi connectivity index (χ4n) is 3.24. The molecule has 196 valence electrons. The lowest BCUT2D eigenvalue weighted by atomic mass is 9.94. The maximum atomic E-state index is 14.4. The molecule has 0 aliphatic carbocycles. The van der Waals surface area contributed by atoms with Crippen molar-refractivity contribution in [2.45, 2.75) is 37.9 Å². The van der Waals surface area contributed by atoms with E-state index in [0.29, 0.717) is 18.5 Å². The molecule has 0 fully saturated rings.